The average Bonchev–Trinajstić information content (AvgIpc) is 2.67. The Morgan fingerprint density at radius 2 is 1.84 bits per heavy atom. The second-order valence-electron chi connectivity index (χ2n) is 5.95. The van der Waals surface area contributed by atoms with Crippen molar-refractivity contribution >= 4 is 17.5 Å². The molecule has 1 amide bonds. The third-order valence-electron chi connectivity index (χ3n) is 4.19. The van der Waals surface area contributed by atoms with Gasteiger partial charge in [0.05, 0.1) is 11.3 Å². The van der Waals surface area contributed by atoms with Gasteiger partial charge in [0.2, 0.25) is 5.95 Å². The smallest absolute Gasteiger partial charge is 0.257 e. The van der Waals surface area contributed by atoms with E-state index in [0.717, 1.165) is 13.0 Å². The number of nitrogens with zero attached hydrogens (tertiary/aromatic N) is 4. The Morgan fingerprint density at radius 1 is 1.16 bits per heavy atom. The van der Waals surface area contributed by atoms with Crippen LogP contribution in [0.2, 0.25) is 0 Å². The van der Waals surface area contributed by atoms with Gasteiger partial charge < -0.3 is 15.1 Å². The minimum atomic E-state index is -0.231. The Bertz CT molecular complexity index is 714. The molecule has 3 rings (SSSR count). The predicted molar refractivity (Wildman–Crippen MR) is 95.3 cm³/mol. The lowest BCUT2D eigenvalue weighted by Gasteiger charge is -2.36. The predicted octanol–water partition coefficient (Wildman–Crippen LogP) is 2.40. The molecule has 1 saturated heterocycles. The number of carbonyl (C=O) groups is 1. The number of rotatable bonds is 5. The molecule has 132 valence electrons. The van der Waals surface area contributed by atoms with E-state index < -0.39 is 0 Å². The molecule has 1 aromatic carbocycles. The van der Waals surface area contributed by atoms with Crippen molar-refractivity contribution < 1.29 is 9.18 Å². The van der Waals surface area contributed by atoms with Crippen LogP contribution in [-0.2, 0) is 0 Å². The molecule has 7 heteroatoms. The number of hydrogen-bond donors (Lipinski definition) is 1. The first-order chi connectivity index (χ1) is 12.2. The summed E-state index contributed by atoms with van der Waals surface area (Å²) in [5.41, 5.74) is 1.06. The molecule has 1 aliphatic heterocycles. The van der Waals surface area contributed by atoms with E-state index in [0.29, 0.717) is 43.4 Å². The number of benzene rings is 1. The zero-order valence-electron chi connectivity index (χ0n) is 14.3. The van der Waals surface area contributed by atoms with Gasteiger partial charge in [-0.1, -0.05) is 19.1 Å². The van der Waals surface area contributed by atoms with Crippen LogP contribution in [0.3, 0.4) is 0 Å². The van der Waals surface area contributed by atoms with Gasteiger partial charge in [-0.3, -0.25) is 4.79 Å². The first kappa shape index (κ1) is 17.1. The van der Waals surface area contributed by atoms with Crippen LogP contribution in [0, 0.1) is 5.82 Å². The fourth-order valence-corrected chi connectivity index (χ4v) is 2.81. The number of halogens is 1. The van der Waals surface area contributed by atoms with Crippen molar-refractivity contribution in [2.24, 2.45) is 0 Å². The molecule has 25 heavy (non-hydrogen) atoms. The van der Waals surface area contributed by atoms with Gasteiger partial charge in [0, 0.05) is 45.1 Å². The van der Waals surface area contributed by atoms with Crippen molar-refractivity contribution in [2.75, 3.05) is 42.9 Å². The van der Waals surface area contributed by atoms with Crippen LogP contribution in [0.15, 0.2) is 36.7 Å². The molecule has 6 nitrogen and oxygen atoms in total. The highest BCUT2D eigenvalue weighted by atomic mass is 19.1. The van der Waals surface area contributed by atoms with Gasteiger partial charge in [-0.25, -0.2) is 14.4 Å². The Hall–Kier alpha value is -2.70. The molecular formula is C18H22FN5O. The minimum Gasteiger partial charge on any atom is -0.366 e. The van der Waals surface area contributed by atoms with Crippen molar-refractivity contribution in [3.8, 4) is 0 Å². The first-order valence-electron chi connectivity index (χ1n) is 8.53. The highest BCUT2D eigenvalue weighted by Crippen LogP contribution is 2.20. The zero-order valence-corrected chi connectivity index (χ0v) is 14.3. The van der Waals surface area contributed by atoms with E-state index in [2.05, 4.69) is 22.2 Å². The van der Waals surface area contributed by atoms with Crippen LogP contribution >= 0.6 is 0 Å². The summed E-state index contributed by atoms with van der Waals surface area (Å²) in [7, 11) is 0. The normalized spacial score (nSPS) is 14.5. The quantitative estimate of drug-likeness (QED) is 0.903. The molecule has 0 aliphatic carbocycles. The molecule has 0 saturated carbocycles. The third-order valence-corrected chi connectivity index (χ3v) is 4.19. The topological polar surface area (TPSA) is 61.4 Å². The number of para-hydroxylation sites is 1. The summed E-state index contributed by atoms with van der Waals surface area (Å²) in [4.78, 5) is 24.6. The van der Waals surface area contributed by atoms with Crippen LogP contribution in [0.4, 0.5) is 16.0 Å². The molecule has 0 atom stereocenters. The summed E-state index contributed by atoms with van der Waals surface area (Å²) < 4.78 is 13.9. The van der Waals surface area contributed by atoms with E-state index in [9.17, 15) is 9.18 Å². The zero-order chi connectivity index (χ0) is 17.6. The van der Waals surface area contributed by atoms with Crippen molar-refractivity contribution in [3.63, 3.8) is 0 Å². The Kier molecular flexibility index (Phi) is 5.42. The summed E-state index contributed by atoms with van der Waals surface area (Å²) >= 11 is 0. The first-order valence-corrected chi connectivity index (χ1v) is 8.53. The minimum absolute atomic E-state index is 0.0878. The maximum Gasteiger partial charge on any atom is 0.257 e. The fourth-order valence-electron chi connectivity index (χ4n) is 2.81. The highest BCUT2D eigenvalue weighted by Gasteiger charge is 2.23. The monoisotopic (exact) mass is 343 g/mol. The number of hydrogen-bond acceptors (Lipinski definition) is 5. The largest absolute Gasteiger partial charge is 0.366 e. The lowest BCUT2D eigenvalue weighted by Crippen LogP contribution is -2.49. The van der Waals surface area contributed by atoms with Crippen molar-refractivity contribution in [3.05, 3.63) is 48.0 Å². The van der Waals surface area contributed by atoms with Gasteiger partial charge in [-0.2, -0.15) is 0 Å². The molecule has 0 spiro atoms. The van der Waals surface area contributed by atoms with E-state index in [1.807, 2.05) is 11.0 Å². The number of aromatic nitrogens is 2. The summed E-state index contributed by atoms with van der Waals surface area (Å²) in [5.74, 6) is 0.212. The standard InChI is InChI=1S/C18H22FN5O/c1-2-7-20-18-21-12-14(13-22-18)17(25)24-10-8-23(9-11-24)16-6-4-3-5-15(16)19/h3-6,12-13H,2,7-11H2,1H3,(H,20,21,22). The van der Waals surface area contributed by atoms with Crippen LogP contribution in [0.1, 0.15) is 23.7 Å². The summed E-state index contributed by atoms with van der Waals surface area (Å²) in [6, 6.07) is 6.72. The Labute approximate surface area is 146 Å². The molecule has 0 bridgehead atoms. The lowest BCUT2D eigenvalue weighted by molar-refractivity contribution is 0.0746. The second kappa shape index (κ2) is 7.92. The summed E-state index contributed by atoms with van der Waals surface area (Å²) in [5, 5.41) is 3.08. The molecule has 1 aliphatic rings. The van der Waals surface area contributed by atoms with Gasteiger partial charge in [0.25, 0.3) is 5.91 Å². The number of amides is 1. The Morgan fingerprint density at radius 3 is 2.48 bits per heavy atom. The molecule has 1 aromatic heterocycles. The molecule has 2 heterocycles. The van der Waals surface area contributed by atoms with Crippen molar-refractivity contribution in [2.45, 2.75) is 13.3 Å². The second-order valence-corrected chi connectivity index (χ2v) is 5.95. The molecule has 1 fully saturated rings. The molecule has 1 N–H and O–H groups in total. The molecular weight excluding hydrogens is 321 g/mol. The van der Waals surface area contributed by atoms with Gasteiger partial charge >= 0.3 is 0 Å². The van der Waals surface area contributed by atoms with Crippen LogP contribution in [0.25, 0.3) is 0 Å². The Balaban J connectivity index is 1.59. The van der Waals surface area contributed by atoms with E-state index in [-0.39, 0.29) is 11.7 Å². The van der Waals surface area contributed by atoms with Crippen molar-refractivity contribution in [1.82, 2.24) is 14.9 Å². The van der Waals surface area contributed by atoms with E-state index in [1.54, 1.807) is 29.4 Å². The van der Waals surface area contributed by atoms with Gasteiger partial charge in [-0.05, 0) is 18.6 Å². The van der Waals surface area contributed by atoms with Crippen LogP contribution < -0.4 is 10.2 Å². The van der Waals surface area contributed by atoms with E-state index in [1.165, 1.54) is 6.07 Å². The van der Waals surface area contributed by atoms with Gasteiger partial charge in [-0.15, -0.1) is 0 Å². The summed E-state index contributed by atoms with van der Waals surface area (Å²) in [6.07, 6.45) is 4.09. The fraction of sp³-hybridized carbons (Fsp3) is 0.389. The lowest BCUT2D eigenvalue weighted by atomic mass is 10.2. The van der Waals surface area contributed by atoms with Gasteiger partial charge in [0.15, 0.2) is 0 Å². The average molecular weight is 343 g/mol. The summed E-state index contributed by atoms with van der Waals surface area (Å²) in [6.45, 7) is 5.15. The SMILES string of the molecule is CCCNc1ncc(C(=O)N2CCN(c3ccccc3F)CC2)cn1. The van der Waals surface area contributed by atoms with Crippen LogP contribution in [0.5, 0.6) is 0 Å². The molecule has 2 aromatic rings. The number of anilines is 2. The van der Waals surface area contributed by atoms with E-state index in [4.69, 9.17) is 0 Å². The highest BCUT2D eigenvalue weighted by molar-refractivity contribution is 5.93. The maximum atomic E-state index is 13.9. The number of nitrogens with one attached hydrogen (secondary N) is 1. The van der Waals surface area contributed by atoms with E-state index >= 15 is 0 Å². The maximum absolute atomic E-state index is 13.9. The molecule has 0 unspecified atom stereocenters. The number of carbonyl (C=O) groups excluding carboxylic acids is 1. The van der Waals surface area contributed by atoms with Crippen molar-refractivity contribution in [1.29, 1.82) is 0 Å². The van der Waals surface area contributed by atoms with Crippen LogP contribution in [-0.4, -0.2) is 53.5 Å². The molecule has 0 radical (unpaired) electrons. The third kappa shape index (κ3) is 4.04. The van der Waals surface area contributed by atoms with Gasteiger partial charge in [0.1, 0.15) is 5.82 Å². The number of piperazine rings is 1.